The summed E-state index contributed by atoms with van der Waals surface area (Å²) in [6.45, 7) is 5.68. The van der Waals surface area contributed by atoms with E-state index in [1.165, 1.54) is 122 Å². The highest BCUT2D eigenvalue weighted by Gasteiger charge is 2.43. The molecule has 10 nitrogen and oxygen atoms in total. The molecule has 0 saturated carbocycles. The number of hydrogen-bond acceptors (Lipinski definition) is 9. The molecule has 1 amide bonds. The smallest absolute Gasteiger partial charge is 0.249 e. The molecule has 1 aliphatic heterocycles. The third-order valence-corrected chi connectivity index (χ3v) is 10.9. The van der Waals surface area contributed by atoms with Gasteiger partial charge in [-0.25, -0.2) is 0 Å². The van der Waals surface area contributed by atoms with Gasteiger partial charge in [0.2, 0.25) is 5.91 Å². The Morgan fingerprint density at radius 2 is 0.962 bits per heavy atom. The van der Waals surface area contributed by atoms with Gasteiger partial charge in [0.05, 0.1) is 24.9 Å². The lowest BCUT2D eigenvalue weighted by Crippen LogP contribution is -2.59. The van der Waals surface area contributed by atoms with Crippen molar-refractivity contribution < 1.29 is 44.9 Å². The van der Waals surface area contributed by atoms with Crippen molar-refractivity contribution in [2.24, 2.45) is 0 Å². The van der Waals surface area contributed by atoms with Gasteiger partial charge >= 0.3 is 0 Å². The molecule has 0 aromatic carbocycles. The van der Waals surface area contributed by atoms with E-state index >= 15 is 0 Å². The minimum absolute atomic E-state index is 0.293. The van der Waals surface area contributed by atoms with Crippen molar-refractivity contribution in [3.63, 3.8) is 0 Å². The van der Waals surface area contributed by atoms with Crippen LogP contribution >= 0.6 is 0 Å². The normalized spacial score (nSPS) is 23.0. The number of amides is 1. The average molecular weight is 746 g/mol. The lowest BCUT2D eigenvalue weighted by atomic mass is 9.98. The van der Waals surface area contributed by atoms with E-state index in [0.717, 1.165) is 44.9 Å². The molecule has 1 fully saturated rings. The summed E-state index contributed by atoms with van der Waals surface area (Å²) in [5, 5.41) is 65.9. The quantitative estimate of drug-likeness (QED) is 0.0328. The van der Waals surface area contributed by atoms with Gasteiger partial charge in [-0.2, -0.15) is 0 Å². The molecule has 310 valence electrons. The fraction of sp³-hybridized carbons (Fsp3) is 0.976. The molecule has 1 aliphatic rings. The van der Waals surface area contributed by atoms with E-state index in [0.29, 0.717) is 19.3 Å². The third-order valence-electron chi connectivity index (χ3n) is 10.9. The highest BCUT2D eigenvalue weighted by Crippen LogP contribution is 2.23. The summed E-state index contributed by atoms with van der Waals surface area (Å²) in [5.41, 5.74) is 0. The second-order valence-corrected chi connectivity index (χ2v) is 15.8. The number of rotatable bonds is 35. The van der Waals surface area contributed by atoms with Gasteiger partial charge < -0.3 is 45.4 Å². The summed E-state index contributed by atoms with van der Waals surface area (Å²) in [6.07, 6.45) is 21.6. The maximum Gasteiger partial charge on any atom is 0.249 e. The maximum absolute atomic E-state index is 13.0. The predicted octanol–water partition coefficient (Wildman–Crippen LogP) is 7.36. The number of nitrogens with one attached hydrogen (secondary N) is 1. The summed E-state index contributed by atoms with van der Waals surface area (Å²) >= 11 is 0. The molecule has 1 heterocycles. The van der Waals surface area contributed by atoms with E-state index in [9.17, 15) is 35.4 Å². The Kier molecular flexibility index (Phi) is 30.6. The van der Waals surface area contributed by atoms with Crippen LogP contribution in [0.4, 0.5) is 0 Å². The fourth-order valence-corrected chi connectivity index (χ4v) is 7.15. The van der Waals surface area contributed by atoms with Gasteiger partial charge in [0.1, 0.15) is 30.5 Å². The first-order valence-corrected chi connectivity index (χ1v) is 21.8. The fourth-order valence-electron chi connectivity index (χ4n) is 7.15. The van der Waals surface area contributed by atoms with Crippen LogP contribution in [-0.2, 0) is 14.3 Å². The molecule has 10 heteroatoms. The van der Waals surface area contributed by atoms with E-state index in [1.807, 2.05) is 0 Å². The van der Waals surface area contributed by atoms with Crippen LogP contribution in [0.5, 0.6) is 0 Å². The Balaban J connectivity index is 2.45. The van der Waals surface area contributed by atoms with Gasteiger partial charge in [-0.1, -0.05) is 181 Å². The number of hydrogen-bond donors (Lipinski definition) is 7. The zero-order valence-electron chi connectivity index (χ0n) is 33.6. The van der Waals surface area contributed by atoms with Crippen LogP contribution in [-0.4, -0.2) is 98.2 Å². The molecule has 0 aromatic rings. The van der Waals surface area contributed by atoms with E-state index in [4.69, 9.17) is 9.47 Å². The summed E-state index contributed by atoms with van der Waals surface area (Å²) in [5.74, 6) is -0.658. The Morgan fingerprint density at radius 3 is 1.38 bits per heavy atom. The molecule has 0 aromatic heterocycles. The van der Waals surface area contributed by atoms with E-state index in [2.05, 4.69) is 19.2 Å². The SMILES string of the molecule is CCCCCCCCCCCCCCCCC(O)C(=O)N[C@@H](CO[C@@H]1O[C@@H](C)[C@@H](O)[C@@H](O)[C@@H]1O)[C@H](O)[C@H](O)CCCCCCCCCCCCCC. The van der Waals surface area contributed by atoms with Crippen LogP contribution in [0.25, 0.3) is 0 Å². The van der Waals surface area contributed by atoms with Gasteiger partial charge in [0.25, 0.3) is 0 Å². The largest absolute Gasteiger partial charge is 0.390 e. The van der Waals surface area contributed by atoms with Crippen molar-refractivity contribution in [2.75, 3.05) is 6.61 Å². The summed E-state index contributed by atoms with van der Waals surface area (Å²) in [4.78, 5) is 13.0. The van der Waals surface area contributed by atoms with Gasteiger partial charge in [-0.15, -0.1) is 0 Å². The monoisotopic (exact) mass is 746 g/mol. The highest BCUT2D eigenvalue weighted by atomic mass is 16.7. The molecule has 52 heavy (non-hydrogen) atoms. The Labute approximate surface area is 317 Å². The molecule has 1 saturated heterocycles. The minimum Gasteiger partial charge on any atom is -0.390 e. The Bertz CT molecular complexity index is 820. The Morgan fingerprint density at radius 1 is 0.577 bits per heavy atom. The van der Waals surface area contributed by atoms with Crippen molar-refractivity contribution in [3.05, 3.63) is 0 Å². The first-order chi connectivity index (χ1) is 25.1. The molecular formula is C42H83NO9. The summed E-state index contributed by atoms with van der Waals surface area (Å²) in [6, 6.07) is -1.10. The molecule has 7 N–H and O–H groups in total. The van der Waals surface area contributed by atoms with Crippen molar-refractivity contribution in [2.45, 2.75) is 256 Å². The van der Waals surface area contributed by atoms with Gasteiger partial charge in [-0.3, -0.25) is 4.79 Å². The first kappa shape index (κ1) is 49.2. The van der Waals surface area contributed by atoms with Crippen LogP contribution in [0.15, 0.2) is 0 Å². The molecule has 1 unspecified atom stereocenters. The van der Waals surface area contributed by atoms with Crippen molar-refractivity contribution >= 4 is 5.91 Å². The summed E-state index contributed by atoms with van der Waals surface area (Å²) < 4.78 is 11.2. The van der Waals surface area contributed by atoms with Crippen molar-refractivity contribution in [1.29, 1.82) is 0 Å². The van der Waals surface area contributed by atoms with E-state index < -0.39 is 61.0 Å². The van der Waals surface area contributed by atoms with Gasteiger partial charge in [0, 0.05) is 0 Å². The molecule has 0 bridgehead atoms. The number of ether oxygens (including phenoxy) is 2. The number of aliphatic hydroxyl groups is 6. The first-order valence-electron chi connectivity index (χ1n) is 21.8. The molecule has 0 radical (unpaired) electrons. The molecule has 1 rings (SSSR count). The van der Waals surface area contributed by atoms with Gasteiger partial charge in [-0.05, 0) is 19.8 Å². The Hall–Kier alpha value is -0.850. The maximum atomic E-state index is 13.0. The topological polar surface area (TPSA) is 169 Å². The van der Waals surface area contributed by atoms with Crippen molar-refractivity contribution in [3.8, 4) is 0 Å². The molecule has 0 aliphatic carbocycles. The second kappa shape index (κ2) is 32.4. The lowest BCUT2D eigenvalue weighted by molar-refractivity contribution is -0.295. The lowest BCUT2D eigenvalue weighted by Gasteiger charge is -2.39. The van der Waals surface area contributed by atoms with E-state index in [1.54, 1.807) is 0 Å². The molecule has 0 spiro atoms. The van der Waals surface area contributed by atoms with Crippen LogP contribution < -0.4 is 5.32 Å². The van der Waals surface area contributed by atoms with Gasteiger partial charge in [0.15, 0.2) is 6.29 Å². The molecule has 9 atom stereocenters. The molecular weight excluding hydrogens is 662 g/mol. The summed E-state index contributed by atoms with van der Waals surface area (Å²) in [7, 11) is 0. The standard InChI is InChI=1S/C42H83NO9/c1-4-6-8-10-12-14-16-18-19-21-23-25-27-29-31-36(45)41(50)43-34(32-51-42-40(49)39(48)37(46)33(3)52-42)38(47)35(44)30-28-26-24-22-20-17-15-13-11-9-7-5-2/h33-40,42,44-49H,4-32H2,1-3H3,(H,43,50)/t33-,34-,35+,36?,37+,38-,39+,40-,42+/m0/s1. The van der Waals surface area contributed by atoms with Crippen LogP contribution in [0, 0.1) is 0 Å². The number of unbranched alkanes of at least 4 members (excludes halogenated alkanes) is 24. The predicted molar refractivity (Wildman–Crippen MR) is 209 cm³/mol. The third kappa shape index (κ3) is 23.2. The minimum atomic E-state index is -1.54. The highest BCUT2D eigenvalue weighted by molar-refractivity contribution is 5.80. The zero-order valence-corrected chi connectivity index (χ0v) is 33.6. The second-order valence-electron chi connectivity index (χ2n) is 15.8. The number of carbonyl (C=O) groups excluding carboxylic acids is 1. The van der Waals surface area contributed by atoms with Crippen LogP contribution in [0.3, 0.4) is 0 Å². The van der Waals surface area contributed by atoms with Crippen LogP contribution in [0.2, 0.25) is 0 Å². The van der Waals surface area contributed by atoms with E-state index in [-0.39, 0.29) is 6.61 Å². The number of aliphatic hydroxyl groups excluding tert-OH is 6. The zero-order chi connectivity index (χ0) is 38.4. The number of carbonyl (C=O) groups is 1. The van der Waals surface area contributed by atoms with Crippen LogP contribution in [0.1, 0.15) is 201 Å². The average Bonchev–Trinajstić information content (AvgIpc) is 3.14. The van der Waals surface area contributed by atoms with Crippen molar-refractivity contribution in [1.82, 2.24) is 5.32 Å².